The number of para-hydroxylation sites is 1. The van der Waals surface area contributed by atoms with Crippen molar-refractivity contribution in [3.63, 3.8) is 0 Å². The summed E-state index contributed by atoms with van der Waals surface area (Å²) in [6.07, 6.45) is 0. The Morgan fingerprint density at radius 1 is 1.08 bits per heavy atom. The van der Waals surface area contributed by atoms with Gasteiger partial charge in [0, 0.05) is 17.5 Å². The highest BCUT2D eigenvalue weighted by Gasteiger charge is 2.13. The van der Waals surface area contributed by atoms with Crippen LogP contribution in [0.1, 0.15) is 10.4 Å². The predicted octanol–water partition coefficient (Wildman–Crippen LogP) is 2.60. The van der Waals surface area contributed by atoms with Gasteiger partial charge in [-0.05, 0) is 30.3 Å². The van der Waals surface area contributed by atoms with E-state index in [1.165, 1.54) is 19.2 Å². The second-order valence-corrected chi connectivity index (χ2v) is 5.33. The van der Waals surface area contributed by atoms with Crippen LogP contribution in [0.3, 0.4) is 0 Å². The Morgan fingerprint density at radius 2 is 1.85 bits per heavy atom. The molecule has 0 unspecified atom stereocenters. The molecule has 0 atom stereocenters. The predicted molar refractivity (Wildman–Crippen MR) is 94.4 cm³/mol. The van der Waals surface area contributed by atoms with Crippen LogP contribution in [0.15, 0.2) is 63.8 Å². The van der Waals surface area contributed by atoms with Crippen molar-refractivity contribution in [2.45, 2.75) is 0 Å². The minimum absolute atomic E-state index is 0.246. The number of nitrogens with one attached hydrogen (secondary N) is 1. The molecule has 132 valence electrons. The van der Waals surface area contributed by atoms with Gasteiger partial charge in [-0.3, -0.25) is 4.79 Å². The number of ether oxygens (including phenoxy) is 2. The molecular weight excluding hydrogens is 338 g/mol. The number of benzene rings is 2. The van der Waals surface area contributed by atoms with E-state index in [1.54, 1.807) is 42.5 Å². The van der Waals surface area contributed by atoms with Gasteiger partial charge in [0.25, 0.3) is 5.91 Å². The summed E-state index contributed by atoms with van der Waals surface area (Å²) in [5.74, 6) is -0.620. The average Bonchev–Trinajstić information content (AvgIpc) is 2.65. The lowest BCUT2D eigenvalue weighted by Crippen LogP contribution is -2.21. The minimum Gasteiger partial charge on any atom is -0.484 e. The molecule has 0 saturated carbocycles. The molecule has 0 saturated heterocycles. The molecule has 0 fully saturated rings. The summed E-state index contributed by atoms with van der Waals surface area (Å²) in [5, 5.41) is 3.35. The molecule has 0 aliphatic carbocycles. The zero-order valence-corrected chi connectivity index (χ0v) is 13.9. The van der Waals surface area contributed by atoms with Gasteiger partial charge in [0.2, 0.25) is 0 Å². The van der Waals surface area contributed by atoms with Gasteiger partial charge in [-0.2, -0.15) is 0 Å². The molecule has 2 aromatic carbocycles. The van der Waals surface area contributed by atoms with Crippen molar-refractivity contribution in [2.24, 2.45) is 0 Å². The Labute approximate surface area is 148 Å². The number of carbonyl (C=O) groups excluding carboxylic acids is 2. The Balaban J connectivity index is 1.68. The molecule has 7 heteroatoms. The summed E-state index contributed by atoms with van der Waals surface area (Å²) in [5.41, 5.74) is 0.478. The smallest absolute Gasteiger partial charge is 0.339 e. The monoisotopic (exact) mass is 353 g/mol. The van der Waals surface area contributed by atoms with Crippen LogP contribution in [0.25, 0.3) is 11.0 Å². The van der Waals surface area contributed by atoms with Crippen LogP contribution >= 0.6 is 0 Å². The van der Waals surface area contributed by atoms with E-state index < -0.39 is 17.5 Å². The topological polar surface area (TPSA) is 94.8 Å². The largest absolute Gasteiger partial charge is 0.484 e. The normalized spacial score (nSPS) is 10.3. The van der Waals surface area contributed by atoms with E-state index in [9.17, 15) is 14.4 Å². The number of carbonyl (C=O) groups is 2. The van der Waals surface area contributed by atoms with Gasteiger partial charge >= 0.3 is 11.6 Å². The molecule has 0 bridgehead atoms. The highest BCUT2D eigenvalue weighted by molar-refractivity contribution is 6.01. The van der Waals surface area contributed by atoms with Gasteiger partial charge in [-0.15, -0.1) is 0 Å². The second-order valence-electron chi connectivity index (χ2n) is 5.33. The number of methoxy groups -OCH3 is 1. The van der Waals surface area contributed by atoms with Crippen molar-refractivity contribution >= 4 is 28.5 Å². The first-order valence-electron chi connectivity index (χ1n) is 7.71. The van der Waals surface area contributed by atoms with Crippen molar-refractivity contribution in [2.75, 3.05) is 19.0 Å². The molecule has 0 spiro atoms. The third-order valence-electron chi connectivity index (χ3n) is 3.57. The van der Waals surface area contributed by atoms with Crippen LogP contribution in [0, 0.1) is 0 Å². The Kier molecular flexibility index (Phi) is 4.98. The molecule has 0 aliphatic heterocycles. The molecule has 3 rings (SSSR count). The lowest BCUT2D eigenvalue weighted by atomic mass is 10.2. The summed E-state index contributed by atoms with van der Waals surface area (Å²) in [6.45, 7) is -0.280. The highest BCUT2D eigenvalue weighted by Crippen LogP contribution is 2.20. The Morgan fingerprint density at radius 3 is 2.65 bits per heavy atom. The number of esters is 1. The summed E-state index contributed by atoms with van der Waals surface area (Å²) in [4.78, 5) is 35.1. The highest BCUT2D eigenvalue weighted by atomic mass is 16.5. The third kappa shape index (κ3) is 3.89. The second kappa shape index (κ2) is 7.52. The number of hydrogen-bond acceptors (Lipinski definition) is 6. The standard InChI is InChI=1S/C19H15NO6/c1-24-19(23)14-4-2-3-5-15(14)20-17(21)11-25-13-8-6-12-7-9-18(22)26-16(12)10-13/h2-10H,11H2,1H3,(H,20,21). The van der Waals surface area contributed by atoms with Crippen LogP contribution in [-0.4, -0.2) is 25.6 Å². The number of rotatable bonds is 5. The summed E-state index contributed by atoms with van der Waals surface area (Å²) < 4.78 is 15.2. The van der Waals surface area contributed by atoms with Crippen LogP contribution in [-0.2, 0) is 9.53 Å². The van der Waals surface area contributed by atoms with Gasteiger partial charge in [0.15, 0.2) is 6.61 Å². The molecule has 1 N–H and O–H groups in total. The molecule has 1 amide bonds. The maximum Gasteiger partial charge on any atom is 0.339 e. The Hall–Kier alpha value is -3.61. The molecule has 0 radical (unpaired) electrons. The van der Waals surface area contributed by atoms with Gasteiger partial charge in [-0.1, -0.05) is 12.1 Å². The van der Waals surface area contributed by atoms with E-state index in [-0.39, 0.29) is 12.2 Å². The first-order valence-corrected chi connectivity index (χ1v) is 7.71. The van der Waals surface area contributed by atoms with Crippen molar-refractivity contribution < 1.29 is 23.5 Å². The number of fused-ring (bicyclic) bond motifs is 1. The van der Waals surface area contributed by atoms with Gasteiger partial charge in [0.1, 0.15) is 11.3 Å². The molecule has 1 aromatic heterocycles. The average molecular weight is 353 g/mol. The summed E-state index contributed by atoms with van der Waals surface area (Å²) >= 11 is 0. The minimum atomic E-state index is -0.550. The fraction of sp³-hybridized carbons (Fsp3) is 0.105. The van der Waals surface area contributed by atoms with Crippen LogP contribution in [0.4, 0.5) is 5.69 Å². The maximum atomic E-state index is 12.1. The van der Waals surface area contributed by atoms with Crippen molar-refractivity contribution in [3.8, 4) is 5.75 Å². The fourth-order valence-corrected chi connectivity index (χ4v) is 2.35. The summed E-state index contributed by atoms with van der Waals surface area (Å²) in [6, 6.07) is 14.4. The van der Waals surface area contributed by atoms with Crippen LogP contribution in [0.2, 0.25) is 0 Å². The van der Waals surface area contributed by atoms with Crippen molar-refractivity contribution in [3.05, 3.63) is 70.6 Å². The summed E-state index contributed by atoms with van der Waals surface area (Å²) in [7, 11) is 1.27. The van der Waals surface area contributed by atoms with E-state index in [2.05, 4.69) is 10.1 Å². The first kappa shape index (κ1) is 17.2. The van der Waals surface area contributed by atoms with Gasteiger partial charge in [-0.25, -0.2) is 9.59 Å². The van der Waals surface area contributed by atoms with Crippen LogP contribution in [0.5, 0.6) is 5.75 Å². The lowest BCUT2D eigenvalue weighted by molar-refractivity contribution is -0.118. The fourth-order valence-electron chi connectivity index (χ4n) is 2.35. The SMILES string of the molecule is COC(=O)c1ccccc1NC(=O)COc1ccc2ccc(=O)oc2c1. The van der Waals surface area contributed by atoms with E-state index in [4.69, 9.17) is 9.15 Å². The molecule has 3 aromatic rings. The Bertz CT molecular complexity index is 1020. The van der Waals surface area contributed by atoms with E-state index >= 15 is 0 Å². The van der Waals surface area contributed by atoms with Gasteiger partial charge < -0.3 is 19.2 Å². The molecule has 26 heavy (non-hydrogen) atoms. The quantitative estimate of drug-likeness (QED) is 0.560. The number of anilines is 1. The van der Waals surface area contributed by atoms with E-state index in [0.29, 0.717) is 17.0 Å². The zero-order chi connectivity index (χ0) is 18.5. The van der Waals surface area contributed by atoms with Crippen LogP contribution < -0.4 is 15.7 Å². The molecule has 7 nitrogen and oxygen atoms in total. The van der Waals surface area contributed by atoms with E-state index in [1.807, 2.05) is 0 Å². The van der Waals surface area contributed by atoms with Crippen molar-refractivity contribution in [1.29, 1.82) is 0 Å². The molecule has 0 aliphatic rings. The molecule has 1 heterocycles. The maximum absolute atomic E-state index is 12.1. The number of hydrogen-bond donors (Lipinski definition) is 1. The van der Waals surface area contributed by atoms with Crippen molar-refractivity contribution in [1.82, 2.24) is 0 Å². The zero-order valence-electron chi connectivity index (χ0n) is 13.9. The van der Waals surface area contributed by atoms with E-state index in [0.717, 1.165) is 5.39 Å². The first-order chi connectivity index (χ1) is 12.6. The van der Waals surface area contributed by atoms with Gasteiger partial charge in [0.05, 0.1) is 18.4 Å². The molecular formula is C19H15NO6. The lowest BCUT2D eigenvalue weighted by Gasteiger charge is -2.10. The third-order valence-corrected chi connectivity index (χ3v) is 3.57. The number of amides is 1.